The van der Waals surface area contributed by atoms with Crippen molar-refractivity contribution in [1.29, 1.82) is 0 Å². The highest BCUT2D eigenvalue weighted by atomic mass is 16.3. The van der Waals surface area contributed by atoms with E-state index in [2.05, 4.69) is 183 Å². The molecule has 0 N–H and O–H groups in total. The molecule has 1 heteroatoms. The van der Waals surface area contributed by atoms with Crippen LogP contribution in [0, 0.1) is 0 Å². The van der Waals surface area contributed by atoms with E-state index < -0.39 is 0 Å². The highest BCUT2D eigenvalue weighted by molar-refractivity contribution is 6.16. The third-order valence-corrected chi connectivity index (χ3v) is 10.3. The van der Waals surface area contributed by atoms with Crippen LogP contribution in [0.2, 0.25) is 0 Å². The molecule has 234 valence electrons. The van der Waals surface area contributed by atoms with Crippen LogP contribution in [0.25, 0.3) is 105 Å². The van der Waals surface area contributed by atoms with Gasteiger partial charge in [-0.15, -0.1) is 0 Å². The summed E-state index contributed by atoms with van der Waals surface area (Å²) in [5.74, 6) is 0.856. The quantitative estimate of drug-likeness (QED) is 0.138. The molecule has 0 amide bonds. The Morgan fingerprint density at radius 3 is 1.68 bits per heavy atom. The van der Waals surface area contributed by atoms with E-state index in [0.717, 1.165) is 27.9 Å². The minimum absolute atomic E-state index is 0.856. The maximum atomic E-state index is 6.66. The van der Waals surface area contributed by atoms with Gasteiger partial charge in [0.1, 0.15) is 11.3 Å². The van der Waals surface area contributed by atoms with E-state index in [1.807, 2.05) is 0 Å². The molecule has 0 saturated carbocycles. The van der Waals surface area contributed by atoms with Gasteiger partial charge in [-0.1, -0.05) is 133 Å². The monoisotopic (exact) mass is 636 g/mol. The second-order valence-corrected chi connectivity index (χ2v) is 13.2. The fourth-order valence-electron chi connectivity index (χ4n) is 7.92. The van der Waals surface area contributed by atoms with Crippen molar-refractivity contribution in [3.05, 3.63) is 175 Å². The molecule has 0 bridgehead atoms. The molecule has 1 nitrogen and oxygen atoms in total. The SMILES string of the molecule is C/C=C\c1c(/C=C/c2cccc3c2ccc2cc4ccccc4cc23)oc2cc(-c3cccc4c3ccc3cc5ccccc5cc34)ccc12. The van der Waals surface area contributed by atoms with Crippen LogP contribution in [0.3, 0.4) is 0 Å². The van der Waals surface area contributed by atoms with Gasteiger partial charge in [-0.3, -0.25) is 0 Å². The first-order chi connectivity index (χ1) is 24.7. The molecule has 0 radical (unpaired) electrons. The molecule has 0 aliphatic carbocycles. The smallest absolute Gasteiger partial charge is 0.136 e. The second kappa shape index (κ2) is 11.3. The van der Waals surface area contributed by atoms with Gasteiger partial charge in [0, 0.05) is 10.9 Å². The molecule has 1 heterocycles. The van der Waals surface area contributed by atoms with Crippen molar-refractivity contribution in [2.75, 3.05) is 0 Å². The summed E-state index contributed by atoms with van der Waals surface area (Å²) in [5.41, 5.74) is 5.50. The number of furan rings is 1. The van der Waals surface area contributed by atoms with E-state index in [4.69, 9.17) is 4.42 Å². The van der Waals surface area contributed by atoms with Crippen molar-refractivity contribution in [2.45, 2.75) is 6.92 Å². The highest BCUT2D eigenvalue weighted by Crippen LogP contribution is 2.38. The minimum Gasteiger partial charge on any atom is -0.456 e. The molecule has 9 aromatic carbocycles. The second-order valence-electron chi connectivity index (χ2n) is 13.2. The summed E-state index contributed by atoms with van der Waals surface area (Å²) in [6.07, 6.45) is 8.56. The van der Waals surface area contributed by atoms with E-state index in [9.17, 15) is 0 Å². The van der Waals surface area contributed by atoms with Crippen LogP contribution in [-0.2, 0) is 0 Å². The Hall–Kier alpha value is -6.44. The zero-order valence-corrected chi connectivity index (χ0v) is 27.7. The molecule has 0 atom stereocenters. The van der Waals surface area contributed by atoms with Gasteiger partial charge in [-0.05, 0) is 131 Å². The number of allylic oxidation sites excluding steroid dienone is 1. The summed E-state index contributed by atoms with van der Waals surface area (Å²) >= 11 is 0. The molecule has 0 saturated heterocycles. The lowest BCUT2D eigenvalue weighted by Crippen LogP contribution is -1.84. The van der Waals surface area contributed by atoms with Crippen LogP contribution in [0.4, 0.5) is 0 Å². The Balaban J connectivity index is 1.07. The summed E-state index contributed by atoms with van der Waals surface area (Å²) in [6, 6.07) is 55.3. The van der Waals surface area contributed by atoms with Crippen LogP contribution in [0.5, 0.6) is 0 Å². The highest BCUT2D eigenvalue weighted by Gasteiger charge is 2.14. The van der Waals surface area contributed by atoms with E-state index >= 15 is 0 Å². The predicted octanol–water partition coefficient (Wildman–Crippen LogP) is 14.2. The van der Waals surface area contributed by atoms with Crippen molar-refractivity contribution < 1.29 is 4.42 Å². The lowest BCUT2D eigenvalue weighted by molar-refractivity contribution is 0.604. The van der Waals surface area contributed by atoms with Gasteiger partial charge in [0.2, 0.25) is 0 Å². The van der Waals surface area contributed by atoms with Gasteiger partial charge in [0.05, 0.1) is 0 Å². The molecule has 50 heavy (non-hydrogen) atoms. The number of hydrogen-bond acceptors (Lipinski definition) is 1. The lowest BCUT2D eigenvalue weighted by atomic mass is 9.93. The Kier molecular flexibility index (Phi) is 6.47. The summed E-state index contributed by atoms with van der Waals surface area (Å²) < 4.78 is 6.66. The third kappa shape index (κ3) is 4.55. The molecule has 0 unspecified atom stereocenters. The van der Waals surface area contributed by atoms with Gasteiger partial charge >= 0.3 is 0 Å². The normalized spacial score (nSPS) is 12.3. The number of fused-ring (bicyclic) bond motifs is 9. The van der Waals surface area contributed by atoms with Gasteiger partial charge in [0.25, 0.3) is 0 Å². The van der Waals surface area contributed by atoms with Gasteiger partial charge in [-0.25, -0.2) is 0 Å². The lowest BCUT2D eigenvalue weighted by Gasteiger charge is -2.11. The number of rotatable bonds is 4. The largest absolute Gasteiger partial charge is 0.456 e. The predicted molar refractivity (Wildman–Crippen MR) is 217 cm³/mol. The van der Waals surface area contributed by atoms with Crippen LogP contribution in [-0.4, -0.2) is 0 Å². The first-order valence-electron chi connectivity index (χ1n) is 17.3. The first kappa shape index (κ1) is 28.6. The Labute approximate surface area is 290 Å². The van der Waals surface area contributed by atoms with Crippen LogP contribution < -0.4 is 0 Å². The van der Waals surface area contributed by atoms with E-state index in [0.29, 0.717) is 0 Å². The maximum Gasteiger partial charge on any atom is 0.136 e. The topological polar surface area (TPSA) is 13.1 Å². The molecule has 0 spiro atoms. The molecule has 0 aliphatic rings. The van der Waals surface area contributed by atoms with Crippen LogP contribution in [0.1, 0.15) is 23.8 Å². The van der Waals surface area contributed by atoms with Gasteiger partial charge in [-0.2, -0.15) is 0 Å². The summed E-state index contributed by atoms with van der Waals surface area (Å²) in [6.45, 7) is 2.06. The molecular formula is C49H32O. The van der Waals surface area contributed by atoms with Gasteiger partial charge < -0.3 is 4.42 Å². The van der Waals surface area contributed by atoms with E-state index in [1.165, 1.54) is 75.8 Å². The van der Waals surface area contributed by atoms with Crippen LogP contribution >= 0.6 is 0 Å². The molecule has 0 aliphatic heterocycles. The summed E-state index contributed by atoms with van der Waals surface area (Å²) in [4.78, 5) is 0. The Bertz CT molecular complexity index is 3040. The molecule has 10 aromatic rings. The van der Waals surface area contributed by atoms with E-state index in [1.54, 1.807) is 0 Å². The van der Waals surface area contributed by atoms with Crippen molar-refractivity contribution in [3.8, 4) is 11.1 Å². The van der Waals surface area contributed by atoms with Crippen molar-refractivity contribution in [2.24, 2.45) is 0 Å². The molecule has 10 rings (SSSR count). The minimum atomic E-state index is 0.856. The van der Waals surface area contributed by atoms with Crippen LogP contribution in [0.15, 0.2) is 162 Å². The zero-order valence-electron chi connectivity index (χ0n) is 27.7. The molecule has 0 fully saturated rings. The fraction of sp³-hybridized carbons (Fsp3) is 0.0204. The summed E-state index contributed by atoms with van der Waals surface area (Å²) in [7, 11) is 0. The standard InChI is InChI=1S/C49H32O/c1-2-9-44-45-24-20-38(39-15-8-17-42-43(39)23-19-37-27-33-11-4-6-13-35(33)29-47(37)42)30-49(45)50-48(44)25-21-31-14-7-16-41-40(31)22-18-36-26-32-10-3-5-12-34(32)28-46(36)41/h2-30H,1H3/b9-2-,25-21+. The fourth-order valence-corrected chi connectivity index (χ4v) is 7.92. The molecule has 1 aromatic heterocycles. The number of benzene rings is 9. The zero-order chi connectivity index (χ0) is 33.2. The molecular weight excluding hydrogens is 605 g/mol. The van der Waals surface area contributed by atoms with Crippen molar-refractivity contribution in [1.82, 2.24) is 0 Å². The third-order valence-electron chi connectivity index (χ3n) is 10.3. The average Bonchev–Trinajstić information content (AvgIpc) is 3.51. The summed E-state index contributed by atoms with van der Waals surface area (Å²) in [5, 5.41) is 16.2. The van der Waals surface area contributed by atoms with Crippen molar-refractivity contribution in [3.63, 3.8) is 0 Å². The maximum absolute atomic E-state index is 6.66. The van der Waals surface area contributed by atoms with E-state index in [-0.39, 0.29) is 0 Å². The van der Waals surface area contributed by atoms with Gasteiger partial charge in [0.15, 0.2) is 0 Å². The Morgan fingerprint density at radius 1 is 0.400 bits per heavy atom. The number of hydrogen-bond donors (Lipinski definition) is 0. The van der Waals surface area contributed by atoms with Crippen molar-refractivity contribution >= 4 is 93.8 Å². The first-order valence-corrected chi connectivity index (χ1v) is 17.3. The average molecular weight is 637 g/mol. The Morgan fingerprint density at radius 2 is 1.00 bits per heavy atom.